The molecule has 0 spiro atoms. The highest BCUT2D eigenvalue weighted by atomic mass is 16.5. The fourth-order valence-electron chi connectivity index (χ4n) is 9.66. The lowest BCUT2D eigenvalue weighted by Crippen LogP contribution is -2.09. The van der Waals surface area contributed by atoms with Crippen molar-refractivity contribution in [2.45, 2.75) is 67.6 Å². The van der Waals surface area contributed by atoms with Crippen LogP contribution in [0.4, 0.5) is 0 Å². The second-order valence-corrected chi connectivity index (χ2v) is 17.8. The molecule has 7 heteroatoms. The molecule has 0 aliphatic carbocycles. The quantitative estimate of drug-likeness (QED) is 0.101. The smallest absolute Gasteiger partial charge is 0.127 e. The van der Waals surface area contributed by atoms with Gasteiger partial charge in [-0.2, -0.15) is 0 Å². The number of rotatable bonds is 14. The summed E-state index contributed by atoms with van der Waals surface area (Å²) in [5.74, 6) is 0.770. The molecule has 10 rings (SSSR count). The highest BCUT2D eigenvalue weighted by Gasteiger charge is 2.26. The van der Waals surface area contributed by atoms with Crippen molar-refractivity contribution in [3.05, 3.63) is 173 Å². The average molecular weight is 893 g/mol. The Morgan fingerprint density at radius 1 is 0.456 bits per heavy atom. The first-order valence-corrected chi connectivity index (χ1v) is 23.8. The summed E-state index contributed by atoms with van der Waals surface area (Å²) in [6.07, 6.45) is 3.75. The molecular weight excluding hydrogens is 837 g/mol. The maximum atomic E-state index is 6.27. The topological polar surface area (TPSA) is 79.2 Å². The summed E-state index contributed by atoms with van der Waals surface area (Å²) >= 11 is 0. The second kappa shape index (κ2) is 19.1. The summed E-state index contributed by atoms with van der Waals surface area (Å²) in [5, 5.41) is 4.37. The maximum Gasteiger partial charge on any atom is 0.127 e. The van der Waals surface area contributed by atoms with Crippen LogP contribution in [0.15, 0.2) is 140 Å². The number of aryl methyl sites for hydroxylation is 4. The van der Waals surface area contributed by atoms with E-state index in [2.05, 4.69) is 175 Å². The monoisotopic (exact) mass is 892 g/mol. The lowest BCUT2D eigenvalue weighted by atomic mass is 9.87. The van der Waals surface area contributed by atoms with Crippen molar-refractivity contribution in [1.29, 1.82) is 0 Å². The first-order chi connectivity index (χ1) is 33.3. The zero-order valence-electron chi connectivity index (χ0n) is 40.0. The molecule has 0 saturated heterocycles. The van der Waals surface area contributed by atoms with Gasteiger partial charge in [-0.15, -0.1) is 0 Å². The predicted molar refractivity (Wildman–Crippen MR) is 280 cm³/mol. The molecule has 0 amide bonds. The number of ether oxygens (including phenoxy) is 3. The Morgan fingerprint density at radius 3 is 1.51 bits per heavy atom. The van der Waals surface area contributed by atoms with Gasteiger partial charge in [-0.05, 0) is 102 Å². The van der Waals surface area contributed by atoms with Gasteiger partial charge in [-0.1, -0.05) is 152 Å². The van der Waals surface area contributed by atoms with Crippen molar-refractivity contribution in [3.8, 4) is 61.8 Å². The summed E-state index contributed by atoms with van der Waals surface area (Å²) < 4.78 is 18.7. The minimum Gasteiger partial charge on any atom is -0.496 e. The Kier molecular flexibility index (Phi) is 12.5. The Bertz CT molecular complexity index is 3510. The third-order valence-corrected chi connectivity index (χ3v) is 13.3. The van der Waals surface area contributed by atoms with Crippen molar-refractivity contribution in [2.24, 2.45) is 0 Å². The molecule has 0 aliphatic rings. The highest BCUT2D eigenvalue weighted by Crippen LogP contribution is 2.48. The van der Waals surface area contributed by atoms with Crippen LogP contribution in [0.5, 0.6) is 5.75 Å². The lowest BCUT2D eigenvalue weighted by Gasteiger charge is -2.21. The molecule has 2 aromatic heterocycles. The van der Waals surface area contributed by atoms with Crippen LogP contribution < -0.4 is 4.74 Å². The van der Waals surface area contributed by atoms with E-state index in [9.17, 15) is 0 Å². The first-order valence-electron chi connectivity index (χ1n) is 23.8. The van der Waals surface area contributed by atoms with E-state index in [4.69, 9.17) is 34.1 Å². The normalized spacial score (nSPS) is 11.6. The minimum absolute atomic E-state index is 0.462. The highest BCUT2D eigenvalue weighted by molar-refractivity contribution is 6.14. The predicted octanol–water partition coefficient (Wildman–Crippen LogP) is 15.3. The molecule has 68 heavy (non-hydrogen) atoms. The third kappa shape index (κ3) is 8.16. The van der Waals surface area contributed by atoms with Gasteiger partial charge >= 0.3 is 0 Å². The number of benzene rings is 8. The Morgan fingerprint density at radius 2 is 0.956 bits per heavy atom. The number of hydrogen-bond donors (Lipinski definition) is 0. The van der Waals surface area contributed by atoms with Gasteiger partial charge in [0.25, 0.3) is 0 Å². The Labute approximate surface area is 398 Å². The standard InChI is InChI=1S/C61H56N4O3/c1-8-32-67-35-50-39(5)56-57(40(6)51(50)36-68-33-9-2)63-52(34-62-56)61-60(49-28-26-41-14-10-12-16-45(41)54(49)55-46-17-13-11-15-42(46)27-31-53(55)66-7)64-58-47(43-22-18-37(3)19-23-43)29-30-48(59(58)65-61)44-24-20-38(4)21-25-44/h10-31,34H,8-9,32-33,35-36H2,1-7H3. The van der Waals surface area contributed by atoms with Gasteiger partial charge in [0.05, 0.1) is 54.3 Å². The van der Waals surface area contributed by atoms with Gasteiger partial charge in [-0.3, -0.25) is 4.98 Å². The largest absolute Gasteiger partial charge is 0.496 e. The molecule has 2 heterocycles. The van der Waals surface area contributed by atoms with E-state index in [1.165, 1.54) is 11.1 Å². The van der Waals surface area contributed by atoms with Crippen LogP contribution in [0.25, 0.3) is 99.6 Å². The molecule has 7 nitrogen and oxygen atoms in total. The van der Waals surface area contributed by atoms with Gasteiger partial charge in [0, 0.05) is 41.0 Å². The van der Waals surface area contributed by atoms with Crippen LogP contribution >= 0.6 is 0 Å². The van der Waals surface area contributed by atoms with E-state index in [0.29, 0.717) is 43.5 Å². The average Bonchev–Trinajstić information content (AvgIpc) is 3.37. The summed E-state index contributed by atoms with van der Waals surface area (Å²) in [5.41, 5.74) is 18.8. The van der Waals surface area contributed by atoms with Crippen LogP contribution in [0, 0.1) is 27.7 Å². The van der Waals surface area contributed by atoms with Crippen LogP contribution in [-0.4, -0.2) is 40.3 Å². The van der Waals surface area contributed by atoms with E-state index in [-0.39, 0.29) is 0 Å². The van der Waals surface area contributed by atoms with Gasteiger partial charge in [0.1, 0.15) is 17.1 Å². The van der Waals surface area contributed by atoms with E-state index >= 15 is 0 Å². The Balaban J connectivity index is 1.34. The molecule has 0 unspecified atom stereocenters. The SMILES string of the molecule is CCCOCc1c(COCCC)c(C)c2nc(-c3nc4c(-c5ccc(C)cc5)ccc(-c5ccc(C)cc5)c4nc3-c3ccc4ccccc4c3-c3c(OC)ccc4ccccc34)cnc2c1C. The van der Waals surface area contributed by atoms with Crippen LogP contribution in [0.3, 0.4) is 0 Å². The molecule has 0 N–H and O–H groups in total. The molecule has 0 bridgehead atoms. The van der Waals surface area contributed by atoms with Gasteiger partial charge in [0.15, 0.2) is 0 Å². The summed E-state index contributed by atoms with van der Waals surface area (Å²) in [7, 11) is 1.75. The fraction of sp³-hybridized carbons (Fsp3) is 0.213. The molecule has 0 atom stereocenters. The number of nitrogens with zero attached hydrogens (tertiary/aromatic N) is 4. The number of hydrogen-bond acceptors (Lipinski definition) is 7. The van der Waals surface area contributed by atoms with Crippen LogP contribution in [-0.2, 0) is 22.7 Å². The third-order valence-electron chi connectivity index (χ3n) is 13.3. The van der Waals surface area contributed by atoms with Gasteiger partial charge in [0.2, 0.25) is 0 Å². The molecular formula is C61H56N4O3. The van der Waals surface area contributed by atoms with Crippen molar-refractivity contribution >= 4 is 43.6 Å². The van der Waals surface area contributed by atoms with E-state index in [1.54, 1.807) is 7.11 Å². The molecule has 0 aliphatic heterocycles. The van der Waals surface area contributed by atoms with E-state index in [0.717, 1.165) is 123 Å². The maximum absolute atomic E-state index is 6.27. The van der Waals surface area contributed by atoms with Crippen molar-refractivity contribution in [3.63, 3.8) is 0 Å². The van der Waals surface area contributed by atoms with E-state index < -0.39 is 0 Å². The zero-order chi connectivity index (χ0) is 46.9. The molecule has 0 fully saturated rings. The minimum atomic E-state index is 0.462. The van der Waals surface area contributed by atoms with Crippen molar-refractivity contribution in [1.82, 2.24) is 19.9 Å². The van der Waals surface area contributed by atoms with Crippen molar-refractivity contribution < 1.29 is 14.2 Å². The molecule has 0 saturated carbocycles. The van der Waals surface area contributed by atoms with Gasteiger partial charge in [-0.25, -0.2) is 15.0 Å². The fourth-order valence-corrected chi connectivity index (χ4v) is 9.66. The number of aromatic nitrogens is 4. The summed E-state index contributed by atoms with van der Waals surface area (Å²) in [6, 6.07) is 47.4. The molecule has 0 radical (unpaired) electrons. The van der Waals surface area contributed by atoms with Gasteiger partial charge < -0.3 is 14.2 Å². The second-order valence-electron chi connectivity index (χ2n) is 17.8. The molecule has 10 aromatic rings. The number of fused-ring (bicyclic) bond motifs is 4. The zero-order valence-corrected chi connectivity index (χ0v) is 40.0. The summed E-state index contributed by atoms with van der Waals surface area (Å²) in [4.78, 5) is 22.6. The van der Waals surface area contributed by atoms with Crippen LogP contribution in [0.1, 0.15) is 60.1 Å². The first kappa shape index (κ1) is 44.5. The molecule has 8 aromatic carbocycles. The number of methoxy groups -OCH3 is 1. The summed E-state index contributed by atoms with van der Waals surface area (Å²) in [6.45, 7) is 15.1. The van der Waals surface area contributed by atoms with Crippen LogP contribution in [0.2, 0.25) is 0 Å². The van der Waals surface area contributed by atoms with Crippen molar-refractivity contribution in [2.75, 3.05) is 20.3 Å². The lowest BCUT2D eigenvalue weighted by molar-refractivity contribution is 0.107. The van der Waals surface area contributed by atoms with E-state index in [1.807, 2.05) is 6.20 Å². The molecule has 338 valence electrons. The Hall–Kier alpha value is -7.32.